The second-order valence-electron chi connectivity index (χ2n) is 10.4. The van der Waals surface area contributed by atoms with Crippen molar-refractivity contribution in [2.75, 3.05) is 0 Å². The zero-order chi connectivity index (χ0) is 19.1. The Kier molecular flexibility index (Phi) is 5.39. The lowest BCUT2D eigenvalue weighted by Crippen LogP contribution is -2.40. The summed E-state index contributed by atoms with van der Waals surface area (Å²) in [6.07, 6.45) is 14.7. The van der Waals surface area contributed by atoms with Gasteiger partial charge >= 0.3 is 0 Å². The lowest BCUT2D eigenvalue weighted by Gasteiger charge is -2.46. The molecule has 3 aliphatic carbocycles. The summed E-state index contributed by atoms with van der Waals surface area (Å²) in [5.41, 5.74) is 4.54. The molecule has 1 heteroatoms. The molecule has 26 heavy (non-hydrogen) atoms. The molecule has 1 nitrogen and oxygen atoms in total. The van der Waals surface area contributed by atoms with Crippen molar-refractivity contribution < 1.29 is 4.79 Å². The Labute approximate surface area is 161 Å². The van der Waals surface area contributed by atoms with Crippen LogP contribution < -0.4 is 0 Å². The maximum absolute atomic E-state index is 11.7. The molecule has 5 atom stereocenters. The van der Waals surface area contributed by atoms with Crippen LogP contribution in [0, 0.1) is 34.5 Å². The molecular weight excluding hydrogens is 316 g/mol. The first-order chi connectivity index (χ1) is 12.2. The van der Waals surface area contributed by atoms with Gasteiger partial charge in [0.2, 0.25) is 0 Å². The van der Waals surface area contributed by atoms with Crippen molar-refractivity contribution in [2.24, 2.45) is 34.5 Å². The van der Waals surface area contributed by atoms with Crippen LogP contribution in [0.5, 0.6) is 0 Å². The number of hydrogen-bond acceptors (Lipinski definition) is 1. The number of allylic oxidation sites excluding steroid dienone is 5. The molecule has 0 aromatic carbocycles. The van der Waals surface area contributed by atoms with Crippen LogP contribution in [0.2, 0.25) is 0 Å². The van der Waals surface area contributed by atoms with Crippen LogP contribution in [-0.4, -0.2) is 6.29 Å². The Morgan fingerprint density at radius 1 is 1.19 bits per heavy atom. The fourth-order valence-corrected chi connectivity index (χ4v) is 6.58. The molecule has 3 fully saturated rings. The normalized spacial score (nSPS) is 41.5. The summed E-state index contributed by atoms with van der Waals surface area (Å²) < 4.78 is 0. The van der Waals surface area contributed by atoms with Gasteiger partial charge in [0, 0.05) is 5.41 Å². The van der Waals surface area contributed by atoms with Crippen molar-refractivity contribution in [3.8, 4) is 0 Å². The second-order valence-corrected chi connectivity index (χ2v) is 10.4. The summed E-state index contributed by atoms with van der Waals surface area (Å²) in [5, 5.41) is 0. The molecule has 0 amide bonds. The summed E-state index contributed by atoms with van der Waals surface area (Å²) in [7, 11) is 0. The van der Waals surface area contributed by atoms with Crippen LogP contribution in [0.15, 0.2) is 35.5 Å². The number of hydrogen-bond donors (Lipinski definition) is 0. The Bertz CT molecular complexity index is 635. The van der Waals surface area contributed by atoms with Gasteiger partial charge in [0.1, 0.15) is 6.29 Å². The lowest BCUT2D eigenvalue weighted by atomic mass is 9.58. The molecule has 3 aliphatic rings. The van der Waals surface area contributed by atoms with Crippen LogP contribution in [0.1, 0.15) is 79.6 Å². The van der Waals surface area contributed by atoms with Crippen LogP contribution in [0.3, 0.4) is 0 Å². The van der Waals surface area contributed by atoms with E-state index in [1.165, 1.54) is 62.4 Å². The molecule has 5 unspecified atom stereocenters. The predicted octanol–water partition coefficient (Wildman–Crippen LogP) is 6.90. The molecule has 0 spiro atoms. The highest BCUT2D eigenvalue weighted by Crippen LogP contribution is 2.61. The van der Waals surface area contributed by atoms with E-state index < -0.39 is 0 Å². The Balaban J connectivity index is 1.86. The first-order valence-corrected chi connectivity index (χ1v) is 10.7. The Morgan fingerprint density at radius 2 is 1.92 bits per heavy atom. The molecule has 3 saturated carbocycles. The third-order valence-electron chi connectivity index (χ3n) is 8.00. The van der Waals surface area contributed by atoms with E-state index in [0.29, 0.717) is 17.8 Å². The summed E-state index contributed by atoms with van der Waals surface area (Å²) in [5.74, 6) is 2.55. The minimum absolute atomic E-state index is 0.201. The fourth-order valence-electron chi connectivity index (χ4n) is 6.58. The predicted molar refractivity (Wildman–Crippen MR) is 111 cm³/mol. The summed E-state index contributed by atoms with van der Waals surface area (Å²) >= 11 is 0. The molecule has 0 bridgehead atoms. The van der Waals surface area contributed by atoms with E-state index in [1.807, 2.05) is 0 Å². The maximum atomic E-state index is 11.7. The van der Waals surface area contributed by atoms with Gasteiger partial charge in [-0.2, -0.15) is 0 Å². The highest BCUT2D eigenvalue weighted by atomic mass is 16.1. The van der Waals surface area contributed by atoms with Gasteiger partial charge < -0.3 is 4.79 Å². The molecule has 0 saturated heterocycles. The van der Waals surface area contributed by atoms with Crippen molar-refractivity contribution >= 4 is 6.29 Å². The van der Waals surface area contributed by atoms with Gasteiger partial charge in [-0.15, -0.1) is 0 Å². The van der Waals surface area contributed by atoms with Crippen molar-refractivity contribution in [3.63, 3.8) is 0 Å². The molecule has 0 heterocycles. The van der Waals surface area contributed by atoms with Gasteiger partial charge in [0.25, 0.3) is 0 Å². The third kappa shape index (κ3) is 3.39. The molecule has 0 aromatic heterocycles. The van der Waals surface area contributed by atoms with Crippen LogP contribution in [-0.2, 0) is 4.79 Å². The molecule has 3 rings (SSSR count). The Morgan fingerprint density at radius 3 is 2.62 bits per heavy atom. The molecule has 0 aliphatic heterocycles. The van der Waals surface area contributed by atoms with E-state index >= 15 is 0 Å². The minimum Gasteiger partial charge on any atom is -0.303 e. The number of fused-ring (bicyclic) bond motifs is 1. The van der Waals surface area contributed by atoms with E-state index in [4.69, 9.17) is 0 Å². The van der Waals surface area contributed by atoms with E-state index in [9.17, 15) is 4.79 Å². The van der Waals surface area contributed by atoms with Crippen molar-refractivity contribution in [1.29, 1.82) is 0 Å². The minimum atomic E-state index is -0.201. The van der Waals surface area contributed by atoms with Gasteiger partial charge in [-0.1, -0.05) is 58.9 Å². The van der Waals surface area contributed by atoms with Gasteiger partial charge in [-0.3, -0.25) is 0 Å². The van der Waals surface area contributed by atoms with E-state index in [-0.39, 0.29) is 10.8 Å². The van der Waals surface area contributed by atoms with Gasteiger partial charge in [0.15, 0.2) is 0 Å². The Hall–Kier alpha value is -1.11. The van der Waals surface area contributed by atoms with Gasteiger partial charge in [-0.05, 0) is 85.2 Å². The number of aldehydes is 1. The molecule has 0 radical (unpaired) electrons. The highest BCUT2D eigenvalue weighted by Gasteiger charge is 2.53. The molecule has 144 valence electrons. The standard InChI is InChI=1S/C25H38O/c1-17-14-18(2)19(3)21(15-17)10-9-20-8-7-13-25(6)22(20)11-12-23(25)24(4,5)16-26/h9-10,16-18,22-23H,3,7-8,11-15H2,1-2,4-6H3/b20-9+,21-10+. The first-order valence-electron chi connectivity index (χ1n) is 10.7. The lowest BCUT2D eigenvalue weighted by molar-refractivity contribution is -0.120. The van der Waals surface area contributed by atoms with Crippen molar-refractivity contribution in [3.05, 3.63) is 35.5 Å². The quantitative estimate of drug-likeness (QED) is 0.504. The molecule has 0 aromatic rings. The van der Waals surface area contributed by atoms with Crippen LogP contribution in [0.4, 0.5) is 0 Å². The van der Waals surface area contributed by atoms with Crippen LogP contribution >= 0.6 is 0 Å². The van der Waals surface area contributed by atoms with Gasteiger partial charge in [-0.25, -0.2) is 0 Å². The SMILES string of the molecule is C=C1/C(=C/C=C2\CCCC3(C)C2CCC3C(C)(C)C=O)CC(C)CC1C. The summed E-state index contributed by atoms with van der Waals surface area (Å²) in [6, 6.07) is 0. The van der Waals surface area contributed by atoms with Crippen molar-refractivity contribution in [1.82, 2.24) is 0 Å². The monoisotopic (exact) mass is 354 g/mol. The zero-order valence-corrected chi connectivity index (χ0v) is 17.6. The summed E-state index contributed by atoms with van der Waals surface area (Å²) in [6.45, 7) is 15.8. The fraction of sp³-hybridized carbons (Fsp3) is 0.720. The average Bonchev–Trinajstić information content (AvgIpc) is 2.95. The molecular formula is C25H38O. The van der Waals surface area contributed by atoms with E-state index in [2.05, 4.69) is 53.3 Å². The number of carbonyl (C=O) groups excluding carboxylic acids is 1. The van der Waals surface area contributed by atoms with E-state index in [0.717, 1.165) is 5.92 Å². The maximum Gasteiger partial charge on any atom is 0.125 e. The number of rotatable bonds is 3. The summed E-state index contributed by atoms with van der Waals surface area (Å²) in [4.78, 5) is 11.7. The first kappa shape index (κ1) is 19.6. The third-order valence-corrected chi connectivity index (χ3v) is 8.00. The topological polar surface area (TPSA) is 17.1 Å². The average molecular weight is 355 g/mol. The highest BCUT2D eigenvalue weighted by molar-refractivity contribution is 5.59. The smallest absolute Gasteiger partial charge is 0.125 e. The zero-order valence-electron chi connectivity index (χ0n) is 17.6. The second kappa shape index (κ2) is 7.13. The van der Waals surface area contributed by atoms with Crippen LogP contribution in [0.25, 0.3) is 0 Å². The molecule has 0 N–H and O–H groups in total. The van der Waals surface area contributed by atoms with Gasteiger partial charge in [0.05, 0.1) is 0 Å². The number of carbonyl (C=O) groups is 1. The largest absolute Gasteiger partial charge is 0.303 e. The van der Waals surface area contributed by atoms with Crippen molar-refractivity contribution in [2.45, 2.75) is 79.6 Å². The van der Waals surface area contributed by atoms with E-state index in [1.54, 1.807) is 5.57 Å².